The molecule has 0 atom stereocenters. The Morgan fingerprint density at radius 2 is 2.11 bits per heavy atom. The van der Waals surface area contributed by atoms with Crippen molar-refractivity contribution < 1.29 is 0 Å². The minimum absolute atomic E-state index is 0.589. The Kier molecular flexibility index (Phi) is 3.63. The molecule has 2 rings (SSSR count). The Bertz CT molecular complexity index is 588. The van der Waals surface area contributed by atoms with Crippen LogP contribution >= 0.6 is 11.3 Å². The highest BCUT2D eigenvalue weighted by Gasteiger charge is 2.05. The van der Waals surface area contributed by atoms with Crippen molar-refractivity contribution in [2.45, 2.75) is 27.3 Å². The van der Waals surface area contributed by atoms with E-state index in [4.69, 9.17) is 5.26 Å². The third-order valence-electron chi connectivity index (χ3n) is 2.80. The molecule has 2 aromatic heterocycles. The van der Waals surface area contributed by atoms with Crippen molar-refractivity contribution in [2.75, 3.05) is 5.32 Å². The summed E-state index contributed by atoms with van der Waals surface area (Å²) in [6, 6.07) is 7.98. The average molecular weight is 257 g/mol. The Morgan fingerprint density at radius 3 is 2.72 bits per heavy atom. The number of aryl methyl sites for hydroxylation is 3. The molecule has 0 saturated carbocycles. The van der Waals surface area contributed by atoms with Crippen LogP contribution in [0.3, 0.4) is 0 Å². The van der Waals surface area contributed by atoms with Gasteiger partial charge in [0.1, 0.15) is 11.9 Å². The fourth-order valence-corrected chi connectivity index (χ4v) is 2.68. The van der Waals surface area contributed by atoms with Gasteiger partial charge in [-0.2, -0.15) is 5.26 Å². The second-order valence-corrected chi connectivity index (χ2v) is 5.61. The summed E-state index contributed by atoms with van der Waals surface area (Å²) in [7, 11) is 0. The van der Waals surface area contributed by atoms with Crippen molar-refractivity contribution in [2.24, 2.45) is 0 Å². The number of anilines is 1. The van der Waals surface area contributed by atoms with E-state index in [0.29, 0.717) is 17.9 Å². The van der Waals surface area contributed by atoms with Crippen LogP contribution in [0.2, 0.25) is 0 Å². The van der Waals surface area contributed by atoms with Gasteiger partial charge in [-0.1, -0.05) is 0 Å². The maximum absolute atomic E-state index is 9.03. The normalized spacial score (nSPS) is 10.1. The quantitative estimate of drug-likeness (QED) is 0.914. The van der Waals surface area contributed by atoms with Crippen molar-refractivity contribution in [3.63, 3.8) is 0 Å². The Morgan fingerprint density at radius 1 is 1.33 bits per heavy atom. The van der Waals surface area contributed by atoms with Gasteiger partial charge in [0, 0.05) is 15.4 Å². The van der Waals surface area contributed by atoms with E-state index in [-0.39, 0.29) is 0 Å². The van der Waals surface area contributed by atoms with E-state index in [1.54, 1.807) is 17.4 Å². The molecule has 0 aliphatic carbocycles. The van der Waals surface area contributed by atoms with Crippen LogP contribution in [0.1, 0.15) is 26.6 Å². The van der Waals surface area contributed by atoms with Gasteiger partial charge in [-0.05, 0) is 44.5 Å². The molecule has 0 bridgehead atoms. The summed E-state index contributed by atoms with van der Waals surface area (Å²) >= 11 is 1.78. The summed E-state index contributed by atoms with van der Waals surface area (Å²) in [6.07, 6.45) is 0. The lowest BCUT2D eigenvalue weighted by molar-refractivity contribution is 1.10. The van der Waals surface area contributed by atoms with Gasteiger partial charge in [-0.25, -0.2) is 4.98 Å². The number of hydrogen-bond acceptors (Lipinski definition) is 4. The number of rotatable bonds is 3. The zero-order valence-electron chi connectivity index (χ0n) is 10.7. The average Bonchev–Trinajstić information content (AvgIpc) is 2.66. The number of aromatic nitrogens is 1. The van der Waals surface area contributed by atoms with Crippen molar-refractivity contribution in [1.82, 2.24) is 4.98 Å². The SMILES string of the molecule is Cc1ccc(C#N)c(NCc2cc(C)c(C)s2)n1. The van der Waals surface area contributed by atoms with Gasteiger partial charge in [0.2, 0.25) is 0 Å². The van der Waals surface area contributed by atoms with Crippen molar-refractivity contribution in [3.05, 3.63) is 44.8 Å². The van der Waals surface area contributed by atoms with Gasteiger partial charge >= 0.3 is 0 Å². The van der Waals surface area contributed by atoms with E-state index < -0.39 is 0 Å². The van der Waals surface area contributed by atoms with Gasteiger partial charge in [0.25, 0.3) is 0 Å². The van der Waals surface area contributed by atoms with Gasteiger partial charge in [-0.15, -0.1) is 11.3 Å². The molecule has 0 spiro atoms. The van der Waals surface area contributed by atoms with Crippen LogP contribution in [0.4, 0.5) is 5.82 Å². The lowest BCUT2D eigenvalue weighted by Crippen LogP contribution is -2.03. The molecule has 3 nitrogen and oxygen atoms in total. The molecule has 4 heteroatoms. The summed E-state index contributed by atoms with van der Waals surface area (Å²) in [5, 5.41) is 12.3. The van der Waals surface area contributed by atoms with Crippen LogP contribution in [0.15, 0.2) is 18.2 Å². The first-order valence-corrected chi connectivity index (χ1v) is 6.59. The molecule has 0 saturated heterocycles. The molecule has 0 unspecified atom stereocenters. The molecular weight excluding hydrogens is 242 g/mol. The van der Waals surface area contributed by atoms with Gasteiger partial charge in [0.15, 0.2) is 0 Å². The number of nitrogens with zero attached hydrogens (tertiary/aromatic N) is 2. The summed E-state index contributed by atoms with van der Waals surface area (Å²) in [5.74, 6) is 0.668. The molecule has 0 aliphatic heterocycles. The topological polar surface area (TPSA) is 48.7 Å². The summed E-state index contributed by atoms with van der Waals surface area (Å²) in [5.41, 5.74) is 2.81. The zero-order valence-corrected chi connectivity index (χ0v) is 11.6. The van der Waals surface area contributed by atoms with E-state index >= 15 is 0 Å². The van der Waals surface area contributed by atoms with E-state index in [1.165, 1.54) is 15.3 Å². The highest BCUT2D eigenvalue weighted by Crippen LogP contribution is 2.22. The Balaban J connectivity index is 2.15. The van der Waals surface area contributed by atoms with Crippen LogP contribution in [-0.2, 0) is 6.54 Å². The van der Waals surface area contributed by atoms with E-state index in [0.717, 1.165) is 5.69 Å². The van der Waals surface area contributed by atoms with Crippen LogP contribution < -0.4 is 5.32 Å². The van der Waals surface area contributed by atoms with E-state index in [2.05, 4.69) is 36.3 Å². The fraction of sp³-hybridized carbons (Fsp3) is 0.286. The second kappa shape index (κ2) is 5.19. The van der Waals surface area contributed by atoms with Gasteiger partial charge in [0.05, 0.1) is 12.1 Å². The second-order valence-electron chi connectivity index (χ2n) is 4.27. The monoisotopic (exact) mass is 257 g/mol. The minimum Gasteiger partial charge on any atom is -0.364 e. The molecule has 1 N–H and O–H groups in total. The lowest BCUT2D eigenvalue weighted by Gasteiger charge is -2.06. The van der Waals surface area contributed by atoms with Crippen molar-refractivity contribution in [3.8, 4) is 6.07 Å². The molecule has 0 aliphatic rings. The fourth-order valence-electron chi connectivity index (χ4n) is 1.69. The molecule has 2 heterocycles. The largest absolute Gasteiger partial charge is 0.364 e. The summed E-state index contributed by atoms with van der Waals surface area (Å²) < 4.78 is 0. The van der Waals surface area contributed by atoms with Gasteiger partial charge < -0.3 is 5.32 Å². The van der Waals surface area contributed by atoms with Gasteiger partial charge in [-0.3, -0.25) is 0 Å². The number of thiophene rings is 1. The molecular formula is C14H15N3S. The minimum atomic E-state index is 0.589. The molecule has 0 fully saturated rings. The lowest BCUT2D eigenvalue weighted by atomic mass is 10.2. The van der Waals surface area contributed by atoms with Crippen LogP contribution in [0.5, 0.6) is 0 Å². The molecule has 2 aromatic rings. The first kappa shape index (κ1) is 12.6. The summed E-state index contributed by atoms with van der Waals surface area (Å²) in [6.45, 7) is 6.87. The van der Waals surface area contributed by atoms with Crippen molar-refractivity contribution in [1.29, 1.82) is 5.26 Å². The van der Waals surface area contributed by atoms with E-state index in [9.17, 15) is 0 Å². The predicted octanol–water partition coefficient (Wildman–Crippen LogP) is 3.55. The number of hydrogen-bond donors (Lipinski definition) is 1. The third kappa shape index (κ3) is 2.69. The molecule has 0 radical (unpaired) electrons. The molecule has 0 amide bonds. The van der Waals surface area contributed by atoms with Crippen LogP contribution in [0, 0.1) is 32.1 Å². The maximum atomic E-state index is 9.03. The van der Waals surface area contributed by atoms with Crippen molar-refractivity contribution >= 4 is 17.2 Å². The zero-order chi connectivity index (χ0) is 13.1. The standard InChI is InChI=1S/C14H15N3S/c1-9-6-13(18-11(9)3)8-16-14-12(7-15)5-4-10(2)17-14/h4-6H,8H2,1-3H3,(H,16,17). The highest BCUT2D eigenvalue weighted by molar-refractivity contribution is 7.12. The van der Waals surface area contributed by atoms with E-state index in [1.807, 2.05) is 13.0 Å². The smallest absolute Gasteiger partial charge is 0.144 e. The van der Waals surface area contributed by atoms with Crippen LogP contribution in [-0.4, -0.2) is 4.98 Å². The highest BCUT2D eigenvalue weighted by atomic mass is 32.1. The summed E-state index contributed by atoms with van der Waals surface area (Å²) in [4.78, 5) is 6.96. The first-order chi connectivity index (χ1) is 8.60. The van der Waals surface area contributed by atoms with Crippen LogP contribution in [0.25, 0.3) is 0 Å². The predicted molar refractivity (Wildman–Crippen MR) is 74.8 cm³/mol. The molecule has 18 heavy (non-hydrogen) atoms. The molecule has 0 aromatic carbocycles. The first-order valence-electron chi connectivity index (χ1n) is 5.77. The number of nitrogens with one attached hydrogen (secondary N) is 1. The maximum Gasteiger partial charge on any atom is 0.144 e. The molecule has 92 valence electrons. The Labute approximate surface area is 111 Å². The number of nitriles is 1. The third-order valence-corrected chi connectivity index (χ3v) is 3.95. The Hall–Kier alpha value is -1.86. The number of pyridine rings is 1.